The van der Waals surface area contributed by atoms with Crippen LogP contribution in [0.2, 0.25) is 0 Å². The van der Waals surface area contributed by atoms with E-state index in [1.807, 2.05) is 0 Å². The van der Waals surface area contributed by atoms with Gasteiger partial charge in [0, 0.05) is 25.8 Å². The molecule has 0 saturated carbocycles. The maximum atomic E-state index is 12.9. The summed E-state index contributed by atoms with van der Waals surface area (Å²) >= 11 is 0. The molecule has 1 saturated heterocycles. The zero-order chi connectivity index (χ0) is 17.4. The van der Waals surface area contributed by atoms with Gasteiger partial charge in [-0.1, -0.05) is 12.1 Å². The zero-order valence-corrected chi connectivity index (χ0v) is 13.7. The normalized spacial score (nSPS) is 17.2. The second-order valence-electron chi connectivity index (χ2n) is 5.63. The number of esters is 1. The molecule has 0 spiro atoms. The van der Waals surface area contributed by atoms with Crippen LogP contribution < -0.4 is 0 Å². The fraction of sp³-hybridized carbons (Fsp3) is 0.444. The molecular weight excluding hydrogens is 313 g/mol. The summed E-state index contributed by atoms with van der Waals surface area (Å²) in [4.78, 5) is 25.4. The summed E-state index contributed by atoms with van der Waals surface area (Å²) in [5, 5.41) is 0. The van der Waals surface area contributed by atoms with Gasteiger partial charge in [-0.05, 0) is 36.6 Å². The number of benzene rings is 1. The highest BCUT2D eigenvalue weighted by Crippen LogP contribution is 2.14. The van der Waals surface area contributed by atoms with E-state index in [0.29, 0.717) is 13.2 Å². The number of ether oxygens (including phenoxy) is 2. The van der Waals surface area contributed by atoms with E-state index < -0.39 is 0 Å². The highest BCUT2D eigenvalue weighted by molar-refractivity contribution is 5.92. The van der Waals surface area contributed by atoms with Gasteiger partial charge in [-0.15, -0.1) is 0 Å². The number of amides is 1. The van der Waals surface area contributed by atoms with E-state index in [4.69, 9.17) is 4.74 Å². The second-order valence-corrected chi connectivity index (χ2v) is 5.63. The van der Waals surface area contributed by atoms with Crippen molar-refractivity contribution in [3.63, 3.8) is 0 Å². The number of nitrogens with zero attached hydrogens (tertiary/aromatic N) is 1. The monoisotopic (exact) mass is 335 g/mol. The van der Waals surface area contributed by atoms with Crippen molar-refractivity contribution in [2.75, 3.05) is 26.8 Å². The maximum Gasteiger partial charge on any atom is 0.307 e. The molecule has 0 radical (unpaired) electrons. The Morgan fingerprint density at radius 1 is 1.38 bits per heavy atom. The summed E-state index contributed by atoms with van der Waals surface area (Å²) < 4.78 is 23.1. The van der Waals surface area contributed by atoms with E-state index in [0.717, 1.165) is 18.4 Å². The van der Waals surface area contributed by atoms with E-state index in [1.54, 1.807) is 23.1 Å². The lowest BCUT2D eigenvalue weighted by atomic mass is 10.2. The van der Waals surface area contributed by atoms with Crippen LogP contribution in [-0.2, 0) is 19.1 Å². The first-order valence-corrected chi connectivity index (χ1v) is 7.99. The van der Waals surface area contributed by atoms with Gasteiger partial charge in [0.15, 0.2) is 0 Å². The molecule has 1 aliphatic rings. The lowest BCUT2D eigenvalue weighted by Gasteiger charge is -2.24. The molecule has 1 amide bonds. The molecule has 0 aliphatic carbocycles. The van der Waals surface area contributed by atoms with Gasteiger partial charge < -0.3 is 14.4 Å². The van der Waals surface area contributed by atoms with Crippen LogP contribution >= 0.6 is 0 Å². The molecule has 5 nitrogen and oxygen atoms in total. The Bertz CT molecular complexity index is 579. The third-order valence-electron chi connectivity index (χ3n) is 3.86. The summed E-state index contributed by atoms with van der Waals surface area (Å²) in [6.07, 6.45) is 5.09. The van der Waals surface area contributed by atoms with Crippen LogP contribution in [0.25, 0.3) is 6.08 Å². The molecule has 1 aromatic carbocycles. The number of hydrogen-bond donors (Lipinski definition) is 0. The topological polar surface area (TPSA) is 55.8 Å². The number of methoxy groups -OCH3 is 1. The van der Waals surface area contributed by atoms with Crippen LogP contribution in [0.4, 0.5) is 4.39 Å². The molecule has 1 unspecified atom stereocenters. The van der Waals surface area contributed by atoms with Gasteiger partial charge in [0.05, 0.1) is 19.6 Å². The van der Waals surface area contributed by atoms with Crippen molar-refractivity contribution < 1.29 is 23.5 Å². The highest BCUT2D eigenvalue weighted by Gasteiger charge is 2.22. The first-order chi connectivity index (χ1) is 11.6. The van der Waals surface area contributed by atoms with Crippen LogP contribution in [0.3, 0.4) is 0 Å². The molecule has 24 heavy (non-hydrogen) atoms. The Balaban J connectivity index is 1.98. The average molecular weight is 335 g/mol. The summed E-state index contributed by atoms with van der Waals surface area (Å²) in [6.45, 7) is 1.43. The smallest absolute Gasteiger partial charge is 0.307 e. The van der Waals surface area contributed by atoms with E-state index >= 15 is 0 Å². The third-order valence-corrected chi connectivity index (χ3v) is 3.86. The van der Waals surface area contributed by atoms with Crippen molar-refractivity contribution in [3.8, 4) is 0 Å². The van der Waals surface area contributed by atoms with Crippen molar-refractivity contribution in [1.29, 1.82) is 0 Å². The van der Waals surface area contributed by atoms with Crippen molar-refractivity contribution in [3.05, 3.63) is 41.7 Å². The minimum absolute atomic E-state index is 0.00539. The SMILES string of the molecule is COC(=O)CCN(CC1CCCO1)C(=O)/C=C/c1ccc(F)cc1. The molecule has 130 valence electrons. The number of carbonyl (C=O) groups is 2. The molecule has 2 rings (SSSR count). The van der Waals surface area contributed by atoms with Crippen LogP contribution in [0.5, 0.6) is 0 Å². The first-order valence-electron chi connectivity index (χ1n) is 7.99. The molecule has 1 aliphatic heterocycles. The molecule has 6 heteroatoms. The number of halogens is 1. The Morgan fingerprint density at radius 3 is 2.75 bits per heavy atom. The highest BCUT2D eigenvalue weighted by atomic mass is 19.1. The fourth-order valence-corrected chi connectivity index (χ4v) is 2.50. The van der Waals surface area contributed by atoms with E-state index in [-0.39, 0.29) is 36.8 Å². The number of carbonyl (C=O) groups excluding carboxylic acids is 2. The average Bonchev–Trinajstić information content (AvgIpc) is 3.10. The molecule has 0 N–H and O–H groups in total. The summed E-state index contributed by atoms with van der Waals surface area (Å²) in [6, 6.07) is 5.87. The van der Waals surface area contributed by atoms with Gasteiger partial charge >= 0.3 is 5.97 Å². The molecule has 1 heterocycles. The number of rotatable bonds is 7. The Morgan fingerprint density at radius 2 is 2.12 bits per heavy atom. The van der Waals surface area contributed by atoms with E-state index in [1.165, 1.54) is 25.3 Å². The van der Waals surface area contributed by atoms with Crippen molar-refractivity contribution >= 4 is 18.0 Å². The van der Waals surface area contributed by atoms with Gasteiger partial charge in [-0.3, -0.25) is 9.59 Å². The zero-order valence-electron chi connectivity index (χ0n) is 13.7. The van der Waals surface area contributed by atoms with Crippen molar-refractivity contribution in [2.45, 2.75) is 25.4 Å². The molecular formula is C18H22FNO4. The summed E-state index contributed by atoms with van der Waals surface area (Å²) in [5.41, 5.74) is 0.731. The molecule has 1 fully saturated rings. The van der Waals surface area contributed by atoms with Gasteiger partial charge in [0.2, 0.25) is 5.91 Å². The van der Waals surface area contributed by atoms with Gasteiger partial charge in [0.25, 0.3) is 0 Å². The lowest BCUT2D eigenvalue weighted by molar-refractivity contribution is -0.141. The van der Waals surface area contributed by atoms with E-state index in [9.17, 15) is 14.0 Å². The minimum atomic E-state index is -0.359. The standard InChI is InChI=1S/C18H22FNO4/c1-23-18(22)10-11-20(13-16-3-2-12-24-16)17(21)9-6-14-4-7-15(19)8-5-14/h4-9,16H,2-3,10-13H2,1H3/b9-6+. The van der Waals surface area contributed by atoms with Crippen LogP contribution in [0.1, 0.15) is 24.8 Å². The van der Waals surface area contributed by atoms with Gasteiger partial charge in [0.1, 0.15) is 5.82 Å². The summed E-state index contributed by atoms with van der Waals surface area (Å²) in [5.74, 6) is -0.891. The maximum absolute atomic E-state index is 12.9. The Hall–Kier alpha value is -2.21. The predicted molar refractivity (Wildman–Crippen MR) is 87.6 cm³/mol. The first kappa shape index (κ1) is 18.1. The van der Waals surface area contributed by atoms with Crippen molar-refractivity contribution in [1.82, 2.24) is 4.90 Å². The molecule has 1 atom stereocenters. The largest absolute Gasteiger partial charge is 0.469 e. The predicted octanol–water partition coefficient (Wildman–Crippen LogP) is 2.41. The van der Waals surface area contributed by atoms with Crippen LogP contribution in [0.15, 0.2) is 30.3 Å². The van der Waals surface area contributed by atoms with Gasteiger partial charge in [-0.2, -0.15) is 0 Å². The Labute approximate surface area is 141 Å². The van der Waals surface area contributed by atoms with Crippen LogP contribution in [0, 0.1) is 5.82 Å². The molecule has 1 aromatic rings. The lowest BCUT2D eigenvalue weighted by Crippen LogP contribution is -2.37. The second kappa shape index (κ2) is 9.17. The summed E-state index contributed by atoms with van der Waals surface area (Å²) in [7, 11) is 1.32. The van der Waals surface area contributed by atoms with Crippen molar-refractivity contribution in [2.24, 2.45) is 0 Å². The quantitative estimate of drug-likeness (QED) is 0.567. The Kier molecular flexibility index (Phi) is 6.93. The van der Waals surface area contributed by atoms with Gasteiger partial charge in [-0.25, -0.2) is 4.39 Å². The minimum Gasteiger partial charge on any atom is -0.469 e. The molecule has 0 bridgehead atoms. The fourth-order valence-electron chi connectivity index (χ4n) is 2.50. The third kappa shape index (κ3) is 5.77. The van der Waals surface area contributed by atoms with Crippen LogP contribution in [-0.4, -0.2) is 49.7 Å². The molecule has 0 aromatic heterocycles. The van der Waals surface area contributed by atoms with E-state index in [2.05, 4.69) is 4.74 Å². The number of hydrogen-bond acceptors (Lipinski definition) is 4.